The van der Waals surface area contributed by atoms with Crippen LogP contribution in [0.3, 0.4) is 0 Å². The van der Waals surface area contributed by atoms with E-state index in [9.17, 15) is 0 Å². The Morgan fingerprint density at radius 3 is 2.90 bits per heavy atom. The van der Waals surface area contributed by atoms with E-state index in [4.69, 9.17) is 4.98 Å². The molecule has 0 amide bonds. The third-order valence-corrected chi connectivity index (χ3v) is 6.06. The van der Waals surface area contributed by atoms with Crippen molar-refractivity contribution in [2.45, 2.75) is 26.3 Å². The highest BCUT2D eigenvalue weighted by Gasteiger charge is 2.13. The number of fused-ring (bicyclic) bond motifs is 2. The zero-order valence-corrected chi connectivity index (χ0v) is 17.7. The average Bonchev–Trinajstić information content (AvgIpc) is 3.06. The molecule has 0 unspecified atom stereocenters. The fourth-order valence-electron chi connectivity index (χ4n) is 4.14. The van der Waals surface area contributed by atoms with Crippen LogP contribution in [0.5, 0.6) is 0 Å². The van der Waals surface area contributed by atoms with Gasteiger partial charge in [0, 0.05) is 50.0 Å². The number of hydrogen-bond donors (Lipinski definition) is 1. The quantitative estimate of drug-likeness (QED) is 0.568. The van der Waals surface area contributed by atoms with Crippen molar-refractivity contribution in [3.63, 3.8) is 0 Å². The van der Waals surface area contributed by atoms with Gasteiger partial charge in [-0.1, -0.05) is 18.2 Å². The highest BCUT2D eigenvalue weighted by Crippen LogP contribution is 2.27. The number of aryl methyl sites for hydroxylation is 2. The molecular formula is C24H26N6. The van der Waals surface area contributed by atoms with E-state index in [2.05, 4.69) is 63.6 Å². The molecule has 0 fully saturated rings. The number of nitrogens with one attached hydrogen (secondary N) is 1. The van der Waals surface area contributed by atoms with Crippen molar-refractivity contribution in [3.8, 4) is 0 Å². The second kappa shape index (κ2) is 7.54. The van der Waals surface area contributed by atoms with E-state index in [0.29, 0.717) is 0 Å². The zero-order chi connectivity index (χ0) is 20.7. The van der Waals surface area contributed by atoms with Crippen molar-refractivity contribution >= 4 is 22.4 Å². The van der Waals surface area contributed by atoms with Crippen LogP contribution >= 0.6 is 0 Å². The Morgan fingerprint density at radius 2 is 2.00 bits per heavy atom. The minimum Gasteiger partial charge on any atom is -0.329 e. The first-order valence-corrected chi connectivity index (χ1v) is 10.4. The first-order valence-electron chi connectivity index (χ1n) is 10.4. The fraction of sp³-hybridized carbons (Fsp3) is 0.292. The highest BCUT2D eigenvalue weighted by atomic mass is 15.3. The zero-order valence-electron chi connectivity index (χ0n) is 17.7. The Kier molecular flexibility index (Phi) is 4.71. The summed E-state index contributed by atoms with van der Waals surface area (Å²) in [6.45, 7) is 4.10. The minimum absolute atomic E-state index is 0.737. The van der Waals surface area contributed by atoms with Crippen LogP contribution in [0.25, 0.3) is 10.9 Å². The summed E-state index contributed by atoms with van der Waals surface area (Å²) < 4.78 is 1.92. The van der Waals surface area contributed by atoms with Gasteiger partial charge < -0.3 is 10.2 Å². The van der Waals surface area contributed by atoms with Crippen LogP contribution in [0.1, 0.15) is 28.2 Å². The molecule has 5 rings (SSSR count). The van der Waals surface area contributed by atoms with Crippen LogP contribution in [-0.4, -0.2) is 33.3 Å². The topological polar surface area (TPSA) is 58.9 Å². The maximum atomic E-state index is 4.84. The maximum Gasteiger partial charge on any atom is 0.136 e. The molecular weight excluding hydrogens is 372 g/mol. The Morgan fingerprint density at radius 1 is 1.10 bits per heavy atom. The van der Waals surface area contributed by atoms with Gasteiger partial charge in [0.1, 0.15) is 11.6 Å². The first kappa shape index (κ1) is 18.8. The summed E-state index contributed by atoms with van der Waals surface area (Å²) in [6.07, 6.45) is 3.67. The summed E-state index contributed by atoms with van der Waals surface area (Å²) in [4.78, 5) is 11.4. The molecule has 2 aromatic heterocycles. The third kappa shape index (κ3) is 3.44. The third-order valence-electron chi connectivity index (χ3n) is 6.06. The standard InChI is InChI=1S/C24H26N6/c1-16-21-7-6-20(14-22(21)28-30(16)3)29(2)24-9-11-26-23(27-24)13-17-4-5-19-15-25-10-8-18(19)12-17/h4-7,9,11-12,14,25H,8,10,13,15H2,1-3H3. The fourth-order valence-corrected chi connectivity index (χ4v) is 4.14. The molecule has 2 aromatic carbocycles. The van der Waals surface area contributed by atoms with E-state index >= 15 is 0 Å². The molecule has 1 aliphatic rings. The van der Waals surface area contributed by atoms with E-state index in [0.717, 1.165) is 48.8 Å². The lowest BCUT2D eigenvalue weighted by molar-refractivity contribution is 0.643. The van der Waals surface area contributed by atoms with E-state index < -0.39 is 0 Å². The number of aromatic nitrogens is 4. The van der Waals surface area contributed by atoms with Gasteiger partial charge in [0.2, 0.25) is 0 Å². The molecule has 152 valence electrons. The van der Waals surface area contributed by atoms with Crippen molar-refractivity contribution in [1.29, 1.82) is 0 Å². The average molecular weight is 399 g/mol. The minimum atomic E-state index is 0.737. The van der Waals surface area contributed by atoms with Crippen LogP contribution in [0.2, 0.25) is 0 Å². The number of anilines is 2. The molecule has 0 radical (unpaired) electrons. The molecule has 6 nitrogen and oxygen atoms in total. The molecule has 0 spiro atoms. The van der Waals surface area contributed by atoms with Crippen molar-refractivity contribution < 1.29 is 0 Å². The maximum absolute atomic E-state index is 4.84. The Bertz CT molecular complexity index is 1230. The molecule has 4 aromatic rings. The molecule has 0 saturated heterocycles. The van der Waals surface area contributed by atoms with Crippen LogP contribution in [0.4, 0.5) is 11.5 Å². The predicted molar refractivity (Wildman–Crippen MR) is 120 cm³/mol. The Balaban J connectivity index is 1.40. The first-order chi connectivity index (χ1) is 14.6. The van der Waals surface area contributed by atoms with Gasteiger partial charge in [0.15, 0.2) is 0 Å². The molecule has 0 bridgehead atoms. The summed E-state index contributed by atoms with van der Waals surface area (Å²) >= 11 is 0. The van der Waals surface area contributed by atoms with Gasteiger partial charge in [-0.3, -0.25) is 4.68 Å². The molecule has 0 atom stereocenters. The van der Waals surface area contributed by atoms with E-state index in [1.807, 2.05) is 31.0 Å². The molecule has 1 aliphatic heterocycles. The molecule has 0 saturated carbocycles. The smallest absolute Gasteiger partial charge is 0.136 e. The highest BCUT2D eigenvalue weighted by molar-refractivity contribution is 5.85. The van der Waals surface area contributed by atoms with E-state index in [1.54, 1.807) is 0 Å². The molecule has 6 heteroatoms. The lowest BCUT2D eigenvalue weighted by Crippen LogP contribution is -2.23. The number of benzene rings is 2. The van der Waals surface area contributed by atoms with Crippen molar-refractivity contribution in [2.24, 2.45) is 7.05 Å². The number of hydrogen-bond acceptors (Lipinski definition) is 5. The normalized spacial score (nSPS) is 13.4. The van der Waals surface area contributed by atoms with Crippen LogP contribution in [0, 0.1) is 6.92 Å². The Labute approximate surface area is 176 Å². The van der Waals surface area contributed by atoms with Crippen molar-refractivity contribution in [3.05, 3.63) is 76.9 Å². The largest absolute Gasteiger partial charge is 0.329 e. The lowest BCUT2D eigenvalue weighted by atomic mass is 9.97. The van der Waals surface area contributed by atoms with Gasteiger partial charge in [0.05, 0.1) is 5.52 Å². The van der Waals surface area contributed by atoms with Crippen LogP contribution in [-0.2, 0) is 26.4 Å². The van der Waals surface area contributed by atoms with E-state index in [-0.39, 0.29) is 0 Å². The van der Waals surface area contributed by atoms with Crippen molar-refractivity contribution in [1.82, 2.24) is 25.1 Å². The molecule has 0 aliphatic carbocycles. The van der Waals surface area contributed by atoms with Gasteiger partial charge in [-0.2, -0.15) is 5.10 Å². The number of nitrogens with zero attached hydrogens (tertiary/aromatic N) is 5. The monoisotopic (exact) mass is 398 g/mol. The van der Waals surface area contributed by atoms with E-state index in [1.165, 1.54) is 27.8 Å². The van der Waals surface area contributed by atoms with Gasteiger partial charge in [0.25, 0.3) is 0 Å². The molecule has 30 heavy (non-hydrogen) atoms. The second-order valence-electron chi connectivity index (χ2n) is 8.01. The van der Waals surface area contributed by atoms with Gasteiger partial charge in [-0.25, -0.2) is 9.97 Å². The summed E-state index contributed by atoms with van der Waals surface area (Å²) in [5.41, 5.74) is 7.34. The summed E-state index contributed by atoms with van der Waals surface area (Å²) in [6, 6.07) is 15.1. The lowest BCUT2D eigenvalue weighted by Gasteiger charge is -2.19. The number of rotatable bonds is 4. The summed E-state index contributed by atoms with van der Waals surface area (Å²) in [5.74, 6) is 1.72. The Hall–Kier alpha value is -3.25. The van der Waals surface area contributed by atoms with Crippen LogP contribution in [0.15, 0.2) is 48.7 Å². The SMILES string of the molecule is Cc1c2ccc(N(C)c3ccnc(Cc4ccc5c(c4)CCNC5)n3)cc2nn1C. The molecule has 1 N–H and O–H groups in total. The predicted octanol–water partition coefficient (Wildman–Crippen LogP) is 3.68. The second-order valence-corrected chi connectivity index (χ2v) is 8.01. The molecule has 3 heterocycles. The summed E-state index contributed by atoms with van der Waals surface area (Å²) in [5, 5.41) is 9.22. The van der Waals surface area contributed by atoms with Crippen molar-refractivity contribution in [2.75, 3.05) is 18.5 Å². The van der Waals surface area contributed by atoms with Gasteiger partial charge >= 0.3 is 0 Å². The van der Waals surface area contributed by atoms with Crippen LogP contribution < -0.4 is 10.2 Å². The van der Waals surface area contributed by atoms with Gasteiger partial charge in [-0.15, -0.1) is 0 Å². The summed E-state index contributed by atoms with van der Waals surface area (Å²) in [7, 11) is 4.02. The van der Waals surface area contributed by atoms with Gasteiger partial charge in [-0.05, 0) is 60.8 Å².